The van der Waals surface area contributed by atoms with Crippen molar-refractivity contribution < 1.29 is 4.79 Å². The van der Waals surface area contributed by atoms with Gasteiger partial charge in [-0.25, -0.2) is 4.98 Å². The molecule has 0 unspecified atom stereocenters. The van der Waals surface area contributed by atoms with Gasteiger partial charge in [-0.1, -0.05) is 82.4 Å². The van der Waals surface area contributed by atoms with Gasteiger partial charge in [0.1, 0.15) is 0 Å². The maximum Gasteiger partial charge on any atom is 0.223 e. The van der Waals surface area contributed by atoms with Crippen molar-refractivity contribution in [3.63, 3.8) is 0 Å². The Morgan fingerprint density at radius 1 is 1.15 bits per heavy atom. The molecule has 1 heterocycles. The van der Waals surface area contributed by atoms with Crippen molar-refractivity contribution in [2.75, 3.05) is 6.26 Å². The molecule has 2 N–H and O–H groups in total. The number of nitrogens with zero attached hydrogens (tertiary/aromatic N) is 2. The van der Waals surface area contributed by atoms with Gasteiger partial charge in [0, 0.05) is 23.6 Å². The second-order valence-corrected chi connectivity index (χ2v) is 9.42. The lowest BCUT2D eigenvalue weighted by Gasteiger charge is -2.17. The van der Waals surface area contributed by atoms with Gasteiger partial charge in [-0.2, -0.15) is 0 Å². The number of aromatic nitrogens is 2. The zero-order valence-corrected chi connectivity index (χ0v) is 27.2. The van der Waals surface area contributed by atoms with Gasteiger partial charge in [0.25, 0.3) is 0 Å². The Hall–Kier alpha value is -3.23. The molecule has 1 aromatic rings. The van der Waals surface area contributed by atoms with E-state index >= 15 is 0 Å². The van der Waals surface area contributed by atoms with E-state index in [1.54, 1.807) is 25.0 Å². The minimum absolute atomic E-state index is 0.285. The van der Waals surface area contributed by atoms with Gasteiger partial charge >= 0.3 is 0 Å². The largest absolute Gasteiger partial charge is 0.369 e. The zero-order valence-electron chi connectivity index (χ0n) is 26.4. The Morgan fingerprint density at radius 3 is 1.97 bits per heavy atom. The van der Waals surface area contributed by atoms with Crippen LogP contribution in [-0.2, 0) is 11.8 Å². The van der Waals surface area contributed by atoms with Crippen LogP contribution >= 0.6 is 11.8 Å². The summed E-state index contributed by atoms with van der Waals surface area (Å²) in [6.07, 6.45) is 29.0. The van der Waals surface area contributed by atoms with Gasteiger partial charge in [0.15, 0.2) is 0 Å². The van der Waals surface area contributed by atoms with Crippen molar-refractivity contribution in [2.24, 2.45) is 18.2 Å². The van der Waals surface area contributed by atoms with Crippen LogP contribution in [0.3, 0.4) is 0 Å². The smallest absolute Gasteiger partial charge is 0.223 e. The Kier molecular flexibility index (Phi) is 32.2. The van der Waals surface area contributed by atoms with E-state index in [1.807, 2.05) is 103 Å². The number of carbonyl (C=O) groups is 1. The highest BCUT2D eigenvalue weighted by atomic mass is 32.2. The summed E-state index contributed by atoms with van der Waals surface area (Å²) in [5.74, 6) is 1.96. The molecule has 1 aromatic heterocycles. The first-order valence-corrected chi connectivity index (χ1v) is 14.4. The summed E-state index contributed by atoms with van der Waals surface area (Å²) in [5.41, 5.74) is 7.87. The van der Waals surface area contributed by atoms with E-state index in [0.717, 1.165) is 29.7 Å². The highest BCUT2D eigenvalue weighted by Gasteiger charge is 2.22. The number of allylic oxidation sites excluding steroid dienone is 10. The Morgan fingerprint density at radius 2 is 1.67 bits per heavy atom. The molecule has 0 aliphatic heterocycles. The fourth-order valence-electron chi connectivity index (χ4n) is 2.21. The van der Waals surface area contributed by atoms with Crippen LogP contribution in [-0.4, -0.2) is 21.7 Å². The van der Waals surface area contributed by atoms with Crippen LogP contribution in [0, 0.1) is 17.8 Å². The number of nitrogens with two attached hydrogens (primary N) is 1. The number of rotatable bonds is 11. The summed E-state index contributed by atoms with van der Waals surface area (Å²) < 4.78 is 1.90. The maximum atomic E-state index is 11.2. The van der Waals surface area contributed by atoms with Crippen LogP contribution in [0.25, 0.3) is 5.57 Å². The lowest BCUT2D eigenvalue weighted by Crippen LogP contribution is -2.30. The van der Waals surface area contributed by atoms with Crippen LogP contribution in [0.2, 0.25) is 0 Å². The molecule has 0 saturated carbocycles. The minimum Gasteiger partial charge on any atom is -0.369 e. The van der Waals surface area contributed by atoms with E-state index < -0.39 is 5.41 Å². The first-order valence-electron chi connectivity index (χ1n) is 13.1. The second kappa shape index (κ2) is 29.3. The van der Waals surface area contributed by atoms with E-state index in [2.05, 4.69) is 55.5 Å². The third kappa shape index (κ3) is 27.6. The van der Waals surface area contributed by atoms with Gasteiger partial charge in [-0.15, -0.1) is 37.3 Å². The van der Waals surface area contributed by atoms with Crippen LogP contribution in [0.5, 0.6) is 0 Å². The summed E-state index contributed by atoms with van der Waals surface area (Å²) in [7, 11) is 1.93. The van der Waals surface area contributed by atoms with Gasteiger partial charge < -0.3 is 10.3 Å². The number of aryl methyl sites for hydroxylation is 1. The summed E-state index contributed by atoms with van der Waals surface area (Å²) in [6.45, 7) is 26.2. The van der Waals surface area contributed by atoms with Crippen LogP contribution in [0.1, 0.15) is 80.3 Å². The highest BCUT2D eigenvalue weighted by molar-refractivity contribution is 8.02. The molecule has 1 rings (SSSR count). The zero-order chi connectivity index (χ0) is 31.3. The average molecular weight is 554 g/mol. The van der Waals surface area contributed by atoms with Crippen molar-refractivity contribution in [3.8, 4) is 12.3 Å². The number of unbranched alkanes of at least 4 members (excludes halogenated alkanes) is 1. The third-order valence-corrected chi connectivity index (χ3v) is 5.37. The molecule has 4 nitrogen and oxygen atoms in total. The molecule has 0 saturated heterocycles. The standard InChI is InChI=1S/C14H21N3O.C9H14S.C6H10.C3H4.C2H6/c1-5-11(12-9-17(4)10-16-12)7-6-8-14(2,3)13(15)18;1-5-9(10-4)7-6-8(2)3;1-3-5-6-4-2;1-3-2;1-2/h5-7,9-10H,8H2,1-4H3,(H2,15,18);5-7H,2H2,1,3-4H3;3-4H,1-2,5-6H2;1H,2H3;1-2H3/b7-6-,11-5+;7-6-,9-5+;;;. The second-order valence-electron chi connectivity index (χ2n) is 8.54. The van der Waals surface area contributed by atoms with E-state index in [0.29, 0.717) is 6.42 Å². The Bertz CT molecular complexity index is 959. The summed E-state index contributed by atoms with van der Waals surface area (Å²) in [6, 6.07) is 0. The number of primary amides is 1. The Balaban J connectivity index is -0.000000245. The number of hydrogen-bond acceptors (Lipinski definition) is 3. The van der Waals surface area contributed by atoms with E-state index in [1.165, 1.54) is 4.91 Å². The molecule has 0 aliphatic rings. The van der Waals surface area contributed by atoms with Crippen LogP contribution < -0.4 is 5.73 Å². The van der Waals surface area contributed by atoms with Crippen molar-refractivity contribution in [1.29, 1.82) is 0 Å². The maximum absolute atomic E-state index is 11.2. The molecule has 0 spiro atoms. The lowest BCUT2D eigenvalue weighted by molar-refractivity contribution is -0.125. The van der Waals surface area contributed by atoms with Gasteiger partial charge in [-0.3, -0.25) is 4.79 Å². The number of hydrogen-bond donors (Lipinski definition) is 1. The lowest BCUT2D eigenvalue weighted by atomic mass is 9.88. The van der Waals surface area contributed by atoms with Crippen LogP contribution in [0.4, 0.5) is 0 Å². The van der Waals surface area contributed by atoms with E-state index in [4.69, 9.17) is 5.73 Å². The number of amides is 1. The first kappa shape index (κ1) is 42.8. The predicted molar refractivity (Wildman–Crippen MR) is 180 cm³/mol. The third-order valence-electron chi connectivity index (χ3n) is 4.53. The van der Waals surface area contributed by atoms with E-state index in [9.17, 15) is 4.79 Å². The quantitative estimate of drug-likeness (QED) is 0.128. The molecular formula is C34H55N3OS. The molecule has 5 heteroatoms. The van der Waals surface area contributed by atoms with Crippen molar-refractivity contribution in [1.82, 2.24) is 9.55 Å². The molecule has 1 amide bonds. The SMILES string of the molecule is C#CC.C/C=C(\C=C/CC(C)(C)C(N)=O)c1cn(C)cn1.C=C(C)/C=C\C(=C/C)SC.C=CCCC=C.CC. The monoisotopic (exact) mass is 553 g/mol. The molecule has 218 valence electrons. The highest BCUT2D eigenvalue weighted by Crippen LogP contribution is 2.21. The predicted octanol–water partition coefficient (Wildman–Crippen LogP) is 9.47. The molecule has 0 atom stereocenters. The van der Waals surface area contributed by atoms with Crippen molar-refractivity contribution in [3.05, 3.63) is 97.0 Å². The van der Waals surface area contributed by atoms with Crippen molar-refractivity contribution >= 4 is 23.2 Å². The molecule has 0 fully saturated rings. The fraction of sp³-hybridized carbons (Fsp3) is 0.412. The molecule has 0 bridgehead atoms. The topological polar surface area (TPSA) is 60.9 Å². The molecule has 0 aromatic carbocycles. The fourth-order valence-corrected chi connectivity index (χ4v) is 2.65. The number of imidazole rings is 1. The van der Waals surface area contributed by atoms with E-state index in [-0.39, 0.29) is 5.91 Å². The molecule has 39 heavy (non-hydrogen) atoms. The number of thioether (sulfide) groups is 1. The first-order chi connectivity index (χ1) is 18.4. The molecule has 0 aliphatic carbocycles. The number of terminal acetylenes is 1. The molecule has 0 radical (unpaired) electrons. The van der Waals surface area contributed by atoms with Crippen molar-refractivity contribution in [2.45, 2.75) is 74.7 Å². The van der Waals surface area contributed by atoms with Crippen LogP contribution in [0.15, 0.2) is 91.3 Å². The summed E-state index contributed by atoms with van der Waals surface area (Å²) in [5, 5.41) is 0. The minimum atomic E-state index is -0.514. The summed E-state index contributed by atoms with van der Waals surface area (Å²) >= 11 is 1.75. The van der Waals surface area contributed by atoms with Gasteiger partial charge in [0.2, 0.25) is 5.91 Å². The average Bonchev–Trinajstić information content (AvgIpc) is 3.34. The number of carbonyl (C=O) groups excluding carboxylic acids is 1. The normalized spacial score (nSPS) is 10.8. The van der Waals surface area contributed by atoms with Gasteiger partial charge in [0.05, 0.1) is 12.0 Å². The summed E-state index contributed by atoms with van der Waals surface area (Å²) in [4.78, 5) is 16.8. The van der Waals surface area contributed by atoms with Gasteiger partial charge in [-0.05, 0) is 64.9 Å². The molecular weight excluding hydrogens is 498 g/mol. The Labute approximate surface area is 245 Å².